The van der Waals surface area contributed by atoms with Crippen LogP contribution in [0.4, 0.5) is 10.5 Å². The minimum absolute atomic E-state index is 0.257. The van der Waals surface area contributed by atoms with Crippen LogP contribution in [0.2, 0.25) is 5.02 Å². The fraction of sp³-hybridized carbons (Fsp3) is 0.154. The van der Waals surface area contributed by atoms with Crippen LogP contribution in [0.15, 0.2) is 30.6 Å². The van der Waals surface area contributed by atoms with Crippen LogP contribution < -0.4 is 10.2 Å². The molecule has 3 rings (SSSR count). The molecule has 0 aliphatic carbocycles. The summed E-state index contributed by atoms with van der Waals surface area (Å²) in [4.78, 5) is 28.7. The molecule has 1 fully saturated rings. The highest BCUT2D eigenvalue weighted by molar-refractivity contribution is 6.36. The minimum atomic E-state index is -0.425. The van der Waals surface area contributed by atoms with Crippen LogP contribution in [0.3, 0.4) is 0 Å². The van der Waals surface area contributed by atoms with E-state index in [1.54, 1.807) is 18.5 Å². The number of nitrogens with zero attached hydrogens (tertiary/aromatic N) is 2. The van der Waals surface area contributed by atoms with E-state index in [0.717, 1.165) is 10.8 Å². The number of imide groups is 1. The summed E-state index contributed by atoms with van der Waals surface area (Å²) in [7, 11) is 0. The highest BCUT2D eigenvalue weighted by atomic mass is 35.5. The Bertz CT molecular complexity index is 687. The Morgan fingerprint density at radius 1 is 1.21 bits per heavy atom. The molecule has 96 valence electrons. The average molecular weight is 276 g/mol. The number of benzene rings is 1. The van der Waals surface area contributed by atoms with Crippen molar-refractivity contribution < 1.29 is 9.59 Å². The molecule has 0 radical (unpaired) electrons. The number of pyridine rings is 1. The summed E-state index contributed by atoms with van der Waals surface area (Å²) in [6.07, 6.45) is 3.55. The maximum atomic E-state index is 11.9. The Hall–Kier alpha value is -2.14. The quantitative estimate of drug-likeness (QED) is 0.869. The van der Waals surface area contributed by atoms with Crippen molar-refractivity contribution in [2.24, 2.45) is 0 Å². The number of carbonyl (C=O) groups excluding carboxylic acids is 2. The molecule has 0 saturated carbocycles. The third-order valence-electron chi connectivity index (χ3n) is 3.07. The van der Waals surface area contributed by atoms with Crippen LogP contribution in [0.25, 0.3) is 10.8 Å². The monoisotopic (exact) mass is 275 g/mol. The van der Waals surface area contributed by atoms with Gasteiger partial charge in [0.05, 0.1) is 16.9 Å². The summed E-state index contributed by atoms with van der Waals surface area (Å²) in [5.74, 6) is -0.257. The maximum absolute atomic E-state index is 11.9. The van der Waals surface area contributed by atoms with Gasteiger partial charge in [-0.05, 0) is 6.07 Å². The van der Waals surface area contributed by atoms with E-state index in [1.165, 1.54) is 4.90 Å². The van der Waals surface area contributed by atoms with Crippen LogP contribution >= 0.6 is 11.6 Å². The van der Waals surface area contributed by atoms with E-state index < -0.39 is 6.03 Å². The topological polar surface area (TPSA) is 62.3 Å². The van der Waals surface area contributed by atoms with E-state index in [0.29, 0.717) is 17.3 Å². The molecule has 6 heteroatoms. The number of aromatic nitrogens is 1. The standard InChI is InChI=1S/C13H10ClN3O2/c14-10-3-1-2-8-9(10)6-15-7-11(8)17-5-4-12(18)16-13(17)19/h1-3,6-7H,4-5H2,(H,16,18,19). The summed E-state index contributed by atoms with van der Waals surface area (Å²) >= 11 is 6.11. The summed E-state index contributed by atoms with van der Waals surface area (Å²) in [6, 6.07) is 5.05. The first-order valence-electron chi connectivity index (χ1n) is 5.80. The number of fused-ring (bicyclic) bond motifs is 1. The van der Waals surface area contributed by atoms with Crippen LogP contribution in [-0.4, -0.2) is 23.5 Å². The van der Waals surface area contributed by atoms with Crippen LogP contribution in [0.5, 0.6) is 0 Å². The molecule has 3 amide bonds. The van der Waals surface area contributed by atoms with E-state index in [1.807, 2.05) is 12.1 Å². The largest absolute Gasteiger partial charge is 0.328 e. The first-order chi connectivity index (χ1) is 9.16. The van der Waals surface area contributed by atoms with Crippen molar-refractivity contribution in [2.45, 2.75) is 6.42 Å². The molecule has 5 nitrogen and oxygen atoms in total. The van der Waals surface area contributed by atoms with Gasteiger partial charge in [0.15, 0.2) is 0 Å². The van der Waals surface area contributed by atoms with E-state index in [4.69, 9.17) is 11.6 Å². The average Bonchev–Trinajstić information content (AvgIpc) is 2.39. The number of halogens is 1. The van der Waals surface area contributed by atoms with E-state index >= 15 is 0 Å². The van der Waals surface area contributed by atoms with Gasteiger partial charge in [-0.15, -0.1) is 0 Å². The first-order valence-corrected chi connectivity index (χ1v) is 6.18. The van der Waals surface area contributed by atoms with E-state index in [2.05, 4.69) is 10.3 Å². The number of nitrogens with one attached hydrogen (secondary N) is 1. The molecular formula is C13H10ClN3O2. The van der Waals surface area contributed by atoms with E-state index in [-0.39, 0.29) is 12.3 Å². The summed E-state index contributed by atoms with van der Waals surface area (Å²) < 4.78 is 0. The molecule has 2 heterocycles. The molecule has 0 spiro atoms. The zero-order chi connectivity index (χ0) is 13.4. The third kappa shape index (κ3) is 2.02. The number of hydrogen-bond donors (Lipinski definition) is 1. The Morgan fingerprint density at radius 2 is 2.05 bits per heavy atom. The van der Waals surface area contributed by atoms with Crippen LogP contribution in [0.1, 0.15) is 6.42 Å². The number of anilines is 1. The summed E-state index contributed by atoms with van der Waals surface area (Å²) in [6.45, 7) is 0.345. The van der Waals surface area contributed by atoms with Gasteiger partial charge in [-0.25, -0.2) is 4.79 Å². The van der Waals surface area contributed by atoms with Gasteiger partial charge >= 0.3 is 6.03 Å². The van der Waals surface area contributed by atoms with Gasteiger partial charge in [0, 0.05) is 29.9 Å². The lowest BCUT2D eigenvalue weighted by Gasteiger charge is -2.27. The third-order valence-corrected chi connectivity index (χ3v) is 3.40. The fourth-order valence-corrected chi connectivity index (χ4v) is 2.38. The normalized spacial score (nSPS) is 15.7. The van der Waals surface area contributed by atoms with Gasteiger partial charge in [-0.3, -0.25) is 20.0 Å². The van der Waals surface area contributed by atoms with Crippen molar-refractivity contribution in [3.8, 4) is 0 Å². The van der Waals surface area contributed by atoms with Crippen molar-refractivity contribution in [3.05, 3.63) is 35.6 Å². The van der Waals surface area contributed by atoms with Gasteiger partial charge < -0.3 is 0 Å². The second kappa shape index (κ2) is 4.51. The molecule has 1 aromatic heterocycles. The molecule has 0 bridgehead atoms. The first kappa shape index (κ1) is 11.9. The minimum Gasteiger partial charge on any atom is -0.291 e. The lowest BCUT2D eigenvalue weighted by Crippen LogP contribution is -2.49. The van der Waals surface area contributed by atoms with Gasteiger partial charge in [0.2, 0.25) is 5.91 Å². The van der Waals surface area contributed by atoms with Crippen molar-refractivity contribution in [1.29, 1.82) is 0 Å². The highest BCUT2D eigenvalue weighted by Crippen LogP contribution is 2.30. The lowest BCUT2D eigenvalue weighted by molar-refractivity contribution is -0.120. The lowest BCUT2D eigenvalue weighted by atomic mass is 10.1. The Balaban J connectivity index is 2.13. The molecule has 0 unspecified atom stereocenters. The zero-order valence-corrected chi connectivity index (χ0v) is 10.6. The number of urea groups is 1. The van der Waals surface area contributed by atoms with Crippen molar-refractivity contribution in [2.75, 3.05) is 11.4 Å². The van der Waals surface area contributed by atoms with Crippen LogP contribution in [-0.2, 0) is 4.79 Å². The molecule has 1 N–H and O–H groups in total. The molecule has 1 aliphatic heterocycles. The molecule has 1 aromatic carbocycles. The van der Waals surface area contributed by atoms with Crippen molar-refractivity contribution in [3.63, 3.8) is 0 Å². The van der Waals surface area contributed by atoms with Gasteiger partial charge in [-0.2, -0.15) is 0 Å². The second-order valence-corrected chi connectivity index (χ2v) is 4.66. The second-order valence-electron chi connectivity index (χ2n) is 4.25. The van der Waals surface area contributed by atoms with Gasteiger partial charge in [-0.1, -0.05) is 23.7 Å². The molecular weight excluding hydrogens is 266 g/mol. The molecule has 1 saturated heterocycles. The SMILES string of the molecule is O=C1CCN(c2cncc3c(Cl)cccc23)C(=O)N1. The Morgan fingerprint density at radius 3 is 2.84 bits per heavy atom. The predicted molar refractivity (Wildman–Crippen MR) is 72.3 cm³/mol. The summed E-state index contributed by atoms with van der Waals surface area (Å²) in [5, 5.41) is 4.50. The van der Waals surface area contributed by atoms with Gasteiger partial charge in [0.25, 0.3) is 0 Å². The van der Waals surface area contributed by atoms with Crippen molar-refractivity contribution in [1.82, 2.24) is 10.3 Å². The van der Waals surface area contributed by atoms with Crippen molar-refractivity contribution >= 4 is 40.0 Å². The molecule has 1 aliphatic rings. The number of rotatable bonds is 1. The van der Waals surface area contributed by atoms with E-state index in [9.17, 15) is 9.59 Å². The Labute approximate surface area is 114 Å². The summed E-state index contributed by atoms with van der Waals surface area (Å²) in [5.41, 5.74) is 0.657. The fourth-order valence-electron chi connectivity index (χ4n) is 2.15. The molecule has 0 atom stereocenters. The zero-order valence-electron chi connectivity index (χ0n) is 9.89. The molecule has 19 heavy (non-hydrogen) atoms. The maximum Gasteiger partial charge on any atom is 0.328 e. The Kier molecular flexibility index (Phi) is 2.83. The number of carbonyl (C=O) groups is 2. The smallest absolute Gasteiger partial charge is 0.291 e. The number of amides is 3. The highest BCUT2D eigenvalue weighted by Gasteiger charge is 2.25. The molecule has 2 aromatic rings. The number of hydrogen-bond acceptors (Lipinski definition) is 3. The predicted octanol–water partition coefficient (Wildman–Crippen LogP) is 2.33. The van der Waals surface area contributed by atoms with Crippen LogP contribution in [0, 0.1) is 0 Å². The van der Waals surface area contributed by atoms with Gasteiger partial charge in [0.1, 0.15) is 0 Å².